The zero-order valence-electron chi connectivity index (χ0n) is 7.63. The second-order valence-electron chi connectivity index (χ2n) is 2.79. The number of rotatable bonds is 2. The summed E-state index contributed by atoms with van der Waals surface area (Å²) in [5.41, 5.74) is 0.287. The van der Waals surface area contributed by atoms with Gasteiger partial charge in [-0.1, -0.05) is 0 Å². The molecule has 0 fully saturated rings. The van der Waals surface area contributed by atoms with Gasteiger partial charge >= 0.3 is 6.36 Å². The average molecular weight is 236 g/mol. The lowest BCUT2D eigenvalue weighted by Gasteiger charge is -2.11. The standard InChI is InChI=1S/C9H7F3O2S/c1-5(13)6-2-3-7(8(15)4-6)14-9(10,11)12/h2-4,15H,1H3. The van der Waals surface area contributed by atoms with Crippen LogP contribution < -0.4 is 4.74 Å². The van der Waals surface area contributed by atoms with Gasteiger partial charge in [0.2, 0.25) is 0 Å². The number of benzene rings is 1. The molecule has 1 aromatic rings. The first kappa shape index (κ1) is 11.9. The van der Waals surface area contributed by atoms with Gasteiger partial charge in [0.05, 0.1) is 0 Å². The summed E-state index contributed by atoms with van der Waals surface area (Å²) in [4.78, 5) is 10.9. The van der Waals surface area contributed by atoms with Crippen molar-refractivity contribution in [1.29, 1.82) is 0 Å². The molecule has 1 aromatic carbocycles. The van der Waals surface area contributed by atoms with Gasteiger partial charge in [-0.05, 0) is 25.1 Å². The molecule has 6 heteroatoms. The minimum absolute atomic E-state index is 0.0278. The maximum absolute atomic E-state index is 11.9. The van der Waals surface area contributed by atoms with E-state index in [4.69, 9.17) is 0 Å². The highest BCUT2D eigenvalue weighted by Crippen LogP contribution is 2.29. The molecule has 0 saturated carbocycles. The summed E-state index contributed by atoms with van der Waals surface area (Å²) in [5.74, 6) is -0.667. The van der Waals surface area contributed by atoms with Crippen molar-refractivity contribution in [3.63, 3.8) is 0 Å². The Balaban J connectivity index is 2.99. The van der Waals surface area contributed by atoms with E-state index in [0.717, 1.165) is 6.07 Å². The summed E-state index contributed by atoms with van der Waals surface area (Å²) in [7, 11) is 0. The molecule has 0 radical (unpaired) electrons. The predicted molar refractivity (Wildman–Crippen MR) is 50.4 cm³/mol. The van der Waals surface area contributed by atoms with Crippen LogP contribution in [0.5, 0.6) is 5.75 Å². The smallest absolute Gasteiger partial charge is 0.405 e. The molecule has 0 saturated heterocycles. The monoisotopic (exact) mass is 236 g/mol. The van der Waals surface area contributed by atoms with Gasteiger partial charge in [0.15, 0.2) is 5.78 Å². The summed E-state index contributed by atoms with van der Waals surface area (Å²) < 4.78 is 39.3. The van der Waals surface area contributed by atoms with E-state index in [1.807, 2.05) is 0 Å². The quantitative estimate of drug-likeness (QED) is 0.631. The third-order valence-corrected chi connectivity index (χ3v) is 1.94. The van der Waals surface area contributed by atoms with E-state index in [-0.39, 0.29) is 16.2 Å². The fourth-order valence-electron chi connectivity index (χ4n) is 0.947. The number of ketones is 1. The molecule has 0 spiro atoms. The number of carbonyl (C=O) groups is 1. The van der Waals surface area contributed by atoms with Gasteiger partial charge in [-0.2, -0.15) is 0 Å². The Morgan fingerprint density at radius 1 is 1.40 bits per heavy atom. The van der Waals surface area contributed by atoms with E-state index in [1.54, 1.807) is 0 Å². The van der Waals surface area contributed by atoms with Crippen LogP contribution in [0.3, 0.4) is 0 Å². The molecule has 2 nitrogen and oxygen atoms in total. The second kappa shape index (κ2) is 4.14. The number of hydrogen-bond donors (Lipinski definition) is 1. The van der Waals surface area contributed by atoms with E-state index < -0.39 is 12.1 Å². The summed E-state index contributed by atoms with van der Waals surface area (Å²) in [6.45, 7) is 1.31. The lowest BCUT2D eigenvalue weighted by molar-refractivity contribution is -0.275. The van der Waals surface area contributed by atoms with Crippen molar-refractivity contribution in [2.45, 2.75) is 18.2 Å². The number of alkyl halides is 3. The summed E-state index contributed by atoms with van der Waals surface area (Å²) in [6, 6.07) is 3.54. The number of thiol groups is 1. The van der Waals surface area contributed by atoms with Gasteiger partial charge in [-0.3, -0.25) is 4.79 Å². The maximum Gasteiger partial charge on any atom is 0.573 e. The zero-order valence-corrected chi connectivity index (χ0v) is 8.52. The van der Waals surface area contributed by atoms with Crippen LogP contribution in [0.1, 0.15) is 17.3 Å². The van der Waals surface area contributed by atoms with E-state index in [0.29, 0.717) is 0 Å². The Bertz CT molecular complexity index is 387. The minimum atomic E-state index is -4.75. The van der Waals surface area contributed by atoms with E-state index >= 15 is 0 Å². The molecule has 15 heavy (non-hydrogen) atoms. The minimum Gasteiger partial charge on any atom is -0.405 e. The Morgan fingerprint density at radius 3 is 2.40 bits per heavy atom. The number of halogens is 3. The molecule has 1 rings (SSSR count). The first-order valence-electron chi connectivity index (χ1n) is 3.89. The number of ether oxygens (including phenoxy) is 1. The van der Waals surface area contributed by atoms with Crippen LogP contribution in [0.4, 0.5) is 13.2 Å². The highest BCUT2D eigenvalue weighted by molar-refractivity contribution is 7.80. The molecule has 0 N–H and O–H groups in total. The van der Waals surface area contributed by atoms with Gasteiger partial charge in [0, 0.05) is 10.5 Å². The molecule has 82 valence electrons. The topological polar surface area (TPSA) is 26.3 Å². The largest absolute Gasteiger partial charge is 0.573 e. The van der Waals surface area contributed by atoms with Crippen LogP contribution in [-0.2, 0) is 0 Å². The average Bonchev–Trinajstić information content (AvgIpc) is 2.05. The van der Waals surface area contributed by atoms with Gasteiger partial charge < -0.3 is 4.74 Å². The van der Waals surface area contributed by atoms with Crippen LogP contribution in [0.2, 0.25) is 0 Å². The molecule has 0 amide bonds. The van der Waals surface area contributed by atoms with Crippen LogP contribution in [0.15, 0.2) is 23.1 Å². The van der Waals surface area contributed by atoms with E-state index in [1.165, 1.54) is 19.1 Å². The summed E-state index contributed by atoms with van der Waals surface area (Å²) in [6.07, 6.45) is -4.75. The first-order valence-corrected chi connectivity index (χ1v) is 4.34. The van der Waals surface area contributed by atoms with Crippen molar-refractivity contribution in [3.05, 3.63) is 23.8 Å². The van der Waals surface area contributed by atoms with Crippen LogP contribution >= 0.6 is 12.6 Å². The lowest BCUT2D eigenvalue weighted by Crippen LogP contribution is -2.17. The van der Waals surface area contributed by atoms with Crippen molar-refractivity contribution < 1.29 is 22.7 Å². The molecule has 0 aliphatic carbocycles. The molecule has 0 aliphatic heterocycles. The van der Waals surface area contributed by atoms with Gasteiger partial charge in [-0.25, -0.2) is 0 Å². The zero-order chi connectivity index (χ0) is 11.6. The Hall–Kier alpha value is -1.17. The Kier molecular flexibility index (Phi) is 3.28. The van der Waals surface area contributed by atoms with Crippen LogP contribution in [-0.4, -0.2) is 12.1 Å². The molecule has 0 unspecified atom stereocenters. The molecule has 0 bridgehead atoms. The van der Waals surface area contributed by atoms with Crippen molar-refractivity contribution in [2.75, 3.05) is 0 Å². The number of Topliss-reactive ketones (excluding diaryl/α,β-unsaturated/α-hetero) is 1. The SMILES string of the molecule is CC(=O)c1ccc(OC(F)(F)F)c(S)c1. The lowest BCUT2D eigenvalue weighted by atomic mass is 10.1. The predicted octanol–water partition coefficient (Wildman–Crippen LogP) is 3.08. The number of carbonyl (C=O) groups excluding carboxylic acids is 1. The maximum atomic E-state index is 11.9. The summed E-state index contributed by atoms with van der Waals surface area (Å²) >= 11 is 3.80. The van der Waals surface area contributed by atoms with Gasteiger partial charge in [0.25, 0.3) is 0 Å². The normalized spacial score (nSPS) is 11.3. The molecule has 0 aliphatic rings. The molecular formula is C9H7F3O2S. The third-order valence-electron chi connectivity index (χ3n) is 1.59. The molecule has 0 atom stereocenters. The van der Waals surface area contributed by atoms with Gasteiger partial charge in [0.1, 0.15) is 5.75 Å². The highest BCUT2D eigenvalue weighted by Gasteiger charge is 2.31. The third kappa shape index (κ3) is 3.47. The number of hydrogen-bond acceptors (Lipinski definition) is 3. The van der Waals surface area contributed by atoms with Crippen LogP contribution in [0.25, 0.3) is 0 Å². The van der Waals surface area contributed by atoms with Gasteiger partial charge in [-0.15, -0.1) is 25.8 Å². The second-order valence-corrected chi connectivity index (χ2v) is 3.27. The highest BCUT2D eigenvalue weighted by atomic mass is 32.1. The fraction of sp³-hybridized carbons (Fsp3) is 0.222. The van der Waals surface area contributed by atoms with Crippen molar-refractivity contribution in [2.24, 2.45) is 0 Å². The van der Waals surface area contributed by atoms with Crippen molar-refractivity contribution in [3.8, 4) is 5.75 Å². The van der Waals surface area contributed by atoms with E-state index in [9.17, 15) is 18.0 Å². The molecular weight excluding hydrogens is 229 g/mol. The Labute approximate surface area is 89.5 Å². The van der Waals surface area contributed by atoms with Crippen molar-refractivity contribution >= 4 is 18.4 Å². The fourth-order valence-corrected chi connectivity index (χ4v) is 1.21. The molecule has 0 aromatic heterocycles. The Morgan fingerprint density at radius 2 is 2.00 bits per heavy atom. The summed E-state index contributed by atoms with van der Waals surface area (Å²) in [5, 5.41) is 0. The van der Waals surface area contributed by atoms with E-state index in [2.05, 4.69) is 17.4 Å². The van der Waals surface area contributed by atoms with Crippen molar-refractivity contribution in [1.82, 2.24) is 0 Å². The first-order chi connectivity index (χ1) is 6.79. The molecule has 0 heterocycles. The van der Waals surface area contributed by atoms with Crippen LogP contribution in [0, 0.1) is 0 Å².